The molecule has 1 aromatic carbocycles. The molecule has 3 rings (SSSR count). The number of ketones is 2. The maximum Gasteiger partial charge on any atom is 0.161 e. The smallest absolute Gasteiger partial charge is 0.161 e. The van der Waals surface area contributed by atoms with E-state index in [4.69, 9.17) is 9.53 Å². The Balaban J connectivity index is 0.00000177. The van der Waals surface area contributed by atoms with Crippen LogP contribution in [0, 0.1) is 5.92 Å². The highest BCUT2D eigenvalue weighted by atomic mass is 16.5. The van der Waals surface area contributed by atoms with Crippen LogP contribution in [0.3, 0.4) is 0 Å². The van der Waals surface area contributed by atoms with Gasteiger partial charge >= 0.3 is 0 Å². The molecule has 3 unspecified atom stereocenters. The Bertz CT molecular complexity index is 767. The molecule has 2 aliphatic carbocycles. The van der Waals surface area contributed by atoms with Gasteiger partial charge in [-0.3, -0.25) is 9.59 Å². The second-order valence-electron chi connectivity index (χ2n) is 9.14. The highest BCUT2D eigenvalue weighted by Gasteiger charge is 2.26. The molecule has 1 aromatic rings. The minimum absolute atomic E-state index is 0. The molecule has 0 fully saturated rings. The summed E-state index contributed by atoms with van der Waals surface area (Å²) in [6, 6.07) is 8.34. The summed E-state index contributed by atoms with van der Waals surface area (Å²) in [5.41, 5.74) is 4.03. The van der Waals surface area contributed by atoms with Crippen LogP contribution in [-0.2, 0) is 25.5 Å². The van der Waals surface area contributed by atoms with Crippen molar-refractivity contribution >= 4 is 18.4 Å². The molecule has 0 bridgehead atoms. The lowest BCUT2D eigenvalue weighted by Gasteiger charge is -2.24. The van der Waals surface area contributed by atoms with E-state index in [0.717, 1.165) is 38.5 Å². The van der Waals surface area contributed by atoms with Crippen molar-refractivity contribution < 1.29 is 19.1 Å². The molecule has 0 radical (unpaired) electrons. The topological polar surface area (TPSA) is 60.4 Å². The van der Waals surface area contributed by atoms with Gasteiger partial charge in [-0.05, 0) is 88.7 Å². The number of rotatable bonds is 11. The van der Waals surface area contributed by atoms with Gasteiger partial charge in [-0.25, -0.2) is 0 Å². The van der Waals surface area contributed by atoms with E-state index in [1.807, 2.05) is 19.8 Å². The van der Waals surface area contributed by atoms with Gasteiger partial charge in [-0.1, -0.05) is 43.3 Å². The van der Waals surface area contributed by atoms with Crippen LogP contribution < -0.4 is 0 Å². The van der Waals surface area contributed by atoms with Gasteiger partial charge < -0.3 is 9.53 Å². The molecule has 33 heavy (non-hydrogen) atoms. The number of carbonyl (C=O) groups is 3. The number of hydrogen-bond donors (Lipinski definition) is 0. The van der Waals surface area contributed by atoms with Crippen molar-refractivity contribution in [2.75, 3.05) is 6.61 Å². The molecule has 0 spiro atoms. The predicted molar refractivity (Wildman–Crippen MR) is 136 cm³/mol. The summed E-state index contributed by atoms with van der Waals surface area (Å²) in [6.45, 7) is 6.73. The third-order valence-corrected chi connectivity index (χ3v) is 6.92. The zero-order chi connectivity index (χ0) is 23.3. The van der Waals surface area contributed by atoms with Crippen molar-refractivity contribution in [1.29, 1.82) is 0 Å². The van der Waals surface area contributed by atoms with E-state index in [0.29, 0.717) is 37.6 Å². The van der Waals surface area contributed by atoms with Gasteiger partial charge in [0.15, 0.2) is 5.78 Å². The summed E-state index contributed by atoms with van der Waals surface area (Å²) in [5, 5.41) is 0. The fourth-order valence-electron chi connectivity index (χ4n) is 5.07. The molecule has 4 nitrogen and oxygen atoms in total. The van der Waals surface area contributed by atoms with Crippen LogP contribution in [0.1, 0.15) is 103 Å². The summed E-state index contributed by atoms with van der Waals surface area (Å²) in [6.07, 6.45) is 12.2. The Labute approximate surface area is 201 Å². The van der Waals surface area contributed by atoms with Crippen LogP contribution in [0.25, 0.3) is 0 Å². The van der Waals surface area contributed by atoms with E-state index in [1.54, 1.807) is 0 Å². The molecule has 0 amide bonds. The van der Waals surface area contributed by atoms with Gasteiger partial charge in [0.05, 0.1) is 0 Å². The van der Waals surface area contributed by atoms with Crippen molar-refractivity contribution in [3.63, 3.8) is 0 Å². The van der Waals surface area contributed by atoms with Crippen LogP contribution in [0.2, 0.25) is 0 Å². The standard InChI is InChI=1S/C27H38O3.CH2O.CH4/c1-3-30-27(19-18-21-16-14-20(2)15-17-21)26(29)13-7-12-25(28)24-11-6-9-22-8-4-5-10-23(22)24;1-2;/h4-5,8,10,14,21,24,27H,3,6-7,9,11-13,15-19H2,1-2H3;1H2;1H4. The minimum atomic E-state index is -0.299. The zero-order valence-corrected chi connectivity index (χ0v) is 19.9. The Morgan fingerprint density at radius 3 is 2.58 bits per heavy atom. The van der Waals surface area contributed by atoms with E-state index < -0.39 is 0 Å². The third-order valence-electron chi connectivity index (χ3n) is 6.92. The molecule has 0 aliphatic heterocycles. The first-order chi connectivity index (χ1) is 15.6. The molecule has 4 heteroatoms. The Kier molecular flexibility index (Phi) is 13.8. The quantitative estimate of drug-likeness (QED) is 0.344. The largest absolute Gasteiger partial charge is 0.371 e. The molecule has 3 atom stereocenters. The molecule has 0 N–H and O–H groups in total. The Hall–Kier alpha value is -2.07. The van der Waals surface area contributed by atoms with E-state index in [9.17, 15) is 9.59 Å². The van der Waals surface area contributed by atoms with Crippen LogP contribution in [-0.4, -0.2) is 31.1 Å². The number of ether oxygens (including phenoxy) is 1. The van der Waals surface area contributed by atoms with Gasteiger partial charge in [0.25, 0.3) is 0 Å². The summed E-state index contributed by atoms with van der Waals surface area (Å²) in [5.74, 6) is 1.18. The number of benzene rings is 1. The van der Waals surface area contributed by atoms with Crippen LogP contribution in [0.15, 0.2) is 35.9 Å². The fraction of sp³-hybridized carbons (Fsp3) is 0.621. The second-order valence-corrected chi connectivity index (χ2v) is 9.14. The highest BCUT2D eigenvalue weighted by molar-refractivity contribution is 5.87. The van der Waals surface area contributed by atoms with Crippen LogP contribution >= 0.6 is 0 Å². The van der Waals surface area contributed by atoms with E-state index in [2.05, 4.69) is 31.2 Å². The highest BCUT2D eigenvalue weighted by Crippen LogP contribution is 2.33. The number of allylic oxidation sites excluding steroid dienone is 2. The van der Waals surface area contributed by atoms with Gasteiger partial charge in [-0.2, -0.15) is 0 Å². The van der Waals surface area contributed by atoms with E-state index >= 15 is 0 Å². The fourth-order valence-corrected chi connectivity index (χ4v) is 5.07. The average molecular weight is 457 g/mol. The first kappa shape index (κ1) is 29.0. The predicted octanol–water partition coefficient (Wildman–Crippen LogP) is 6.80. The Morgan fingerprint density at radius 1 is 1.12 bits per heavy atom. The maximum atomic E-state index is 12.8. The SMILES string of the molecule is C.C=O.CCOC(CCC1CC=C(C)CC1)C(=O)CCCC(=O)C1CCCc2ccccc21. The normalized spacial score (nSPS) is 20.2. The van der Waals surface area contributed by atoms with Gasteiger partial charge in [-0.15, -0.1) is 0 Å². The van der Waals surface area contributed by atoms with Gasteiger partial charge in [0, 0.05) is 25.4 Å². The molecule has 0 saturated heterocycles. The lowest BCUT2D eigenvalue weighted by Crippen LogP contribution is -2.26. The van der Waals surface area contributed by atoms with Crippen molar-refractivity contribution in [3.8, 4) is 0 Å². The molecule has 0 aromatic heterocycles. The molecular weight excluding hydrogens is 412 g/mol. The second kappa shape index (κ2) is 15.7. The summed E-state index contributed by atoms with van der Waals surface area (Å²) in [4.78, 5) is 33.6. The molecular formula is C29H44O4. The molecule has 2 aliphatic rings. The van der Waals surface area contributed by atoms with Gasteiger partial charge in [0.1, 0.15) is 18.7 Å². The first-order valence-corrected chi connectivity index (χ1v) is 12.3. The van der Waals surface area contributed by atoms with Gasteiger partial charge in [0.2, 0.25) is 0 Å². The molecule has 0 heterocycles. The average Bonchev–Trinajstić information content (AvgIpc) is 2.83. The molecule has 184 valence electrons. The van der Waals surface area contributed by atoms with Crippen LogP contribution in [0.4, 0.5) is 0 Å². The van der Waals surface area contributed by atoms with E-state index in [1.165, 1.54) is 29.5 Å². The Morgan fingerprint density at radius 2 is 1.88 bits per heavy atom. The zero-order valence-electron chi connectivity index (χ0n) is 19.9. The summed E-state index contributed by atoms with van der Waals surface area (Å²) < 4.78 is 5.79. The number of fused-ring (bicyclic) bond motifs is 1. The lowest BCUT2D eigenvalue weighted by atomic mass is 9.79. The van der Waals surface area contributed by atoms with Crippen molar-refractivity contribution in [1.82, 2.24) is 0 Å². The molecule has 0 saturated carbocycles. The van der Waals surface area contributed by atoms with Crippen LogP contribution in [0.5, 0.6) is 0 Å². The number of hydrogen-bond acceptors (Lipinski definition) is 4. The minimum Gasteiger partial charge on any atom is -0.371 e. The summed E-state index contributed by atoms with van der Waals surface area (Å²) >= 11 is 0. The first-order valence-electron chi connectivity index (χ1n) is 12.3. The monoisotopic (exact) mass is 456 g/mol. The number of carbonyl (C=O) groups excluding carboxylic acids is 3. The van der Waals surface area contributed by atoms with E-state index in [-0.39, 0.29) is 25.2 Å². The van der Waals surface area contributed by atoms with Crippen molar-refractivity contribution in [2.45, 2.75) is 104 Å². The maximum absolute atomic E-state index is 12.8. The third kappa shape index (κ3) is 9.00. The number of Topliss-reactive ketones (excluding diaryl/α,β-unsaturated/α-hetero) is 2. The summed E-state index contributed by atoms with van der Waals surface area (Å²) in [7, 11) is 0. The lowest BCUT2D eigenvalue weighted by molar-refractivity contribution is -0.131. The van der Waals surface area contributed by atoms with Crippen molar-refractivity contribution in [2.24, 2.45) is 5.92 Å². The number of aryl methyl sites for hydroxylation is 1. The van der Waals surface area contributed by atoms with Crippen molar-refractivity contribution in [3.05, 3.63) is 47.0 Å².